The van der Waals surface area contributed by atoms with Crippen LogP contribution >= 0.6 is 10.6 Å². The van der Waals surface area contributed by atoms with Crippen molar-refractivity contribution < 1.29 is 8.37 Å². The maximum absolute atomic E-state index is 6.35. The Balaban J connectivity index is 4.15. The van der Waals surface area contributed by atoms with Crippen LogP contribution in [0.2, 0.25) is 0 Å². The average Bonchev–Trinajstić information content (AvgIpc) is 2.74. The summed E-state index contributed by atoms with van der Waals surface area (Å²) in [5.74, 6) is 1.06. The molecule has 0 amide bonds. The highest BCUT2D eigenvalue weighted by atomic mass is 32.3. The van der Waals surface area contributed by atoms with Gasteiger partial charge in [0.05, 0.1) is 13.2 Å². The van der Waals surface area contributed by atoms with Crippen molar-refractivity contribution in [2.45, 2.75) is 104 Å². The molecule has 0 radical (unpaired) electrons. The van der Waals surface area contributed by atoms with E-state index in [0.717, 1.165) is 51.2 Å². The van der Waals surface area contributed by atoms with Gasteiger partial charge in [0.25, 0.3) is 0 Å². The zero-order valence-corrected chi connectivity index (χ0v) is 22.5. The van der Waals surface area contributed by atoms with Gasteiger partial charge in [0.2, 0.25) is 0 Å². The molecule has 0 heterocycles. The van der Waals surface area contributed by atoms with Crippen molar-refractivity contribution >= 4 is 10.6 Å². The molecule has 0 fully saturated rings. The Kier molecular flexibility index (Phi) is 22.7. The minimum Gasteiger partial charge on any atom is -0.309 e. The molecular weight excluding hydrogens is 402 g/mol. The molecule has 3 nitrogen and oxygen atoms in total. The molecule has 0 unspecified atom stereocenters. The van der Waals surface area contributed by atoms with Crippen LogP contribution in [0.4, 0.5) is 0 Å². The lowest BCUT2D eigenvalue weighted by Crippen LogP contribution is -2.16. The highest BCUT2D eigenvalue weighted by molar-refractivity contribution is 8.25. The van der Waals surface area contributed by atoms with Gasteiger partial charge in [-0.1, -0.05) is 63.8 Å². The van der Waals surface area contributed by atoms with Gasteiger partial charge in [-0.3, -0.25) is 8.37 Å². The van der Waals surface area contributed by atoms with Crippen molar-refractivity contribution in [1.29, 1.82) is 0 Å². The molecule has 0 aliphatic carbocycles. The minimum atomic E-state index is -1.41. The fourth-order valence-corrected chi connectivity index (χ4v) is 5.29. The third-order valence-corrected chi connectivity index (χ3v) is 7.71. The van der Waals surface area contributed by atoms with Crippen molar-refractivity contribution in [2.24, 2.45) is 0 Å². The number of hydrogen-bond acceptors (Lipinski definition) is 3. The van der Waals surface area contributed by atoms with E-state index in [2.05, 4.69) is 63.4 Å². The molecule has 0 aromatic heterocycles. The Morgan fingerprint density at radius 3 is 1.48 bits per heavy atom. The molecule has 0 atom stereocenters. The van der Waals surface area contributed by atoms with E-state index < -0.39 is 10.6 Å². The molecule has 0 aliphatic heterocycles. The van der Waals surface area contributed by atoms with E-state index in [1.54, 1.807) is 0 Å². The first-order valence-electron chi connectivity index (χ1n) is 13.0. The van der Waals surface area contributed by atoms with E-state index in [1.807, 2.05) is 0 Å². The van der Waals surface area contributed by atoms with E-state index >= 15 is 0 Å². The van der Waals surface area contributed by atoms with Crippen LogP contribution in [-0.2, 0) is 8.37 Å². The van der Waals surface area contributed by atoms with Gasteiger partial charge in [-0.2, -0.15) is 10.6 Å². The number of nitrogens with zero attached hydrogens (tertiary/aromatic N) is 1. The summed E-state index contributed by atoms with van der Waals surface area (Å²) in [4.78, 5) is 2.26. The van der Waals surface area contributed by atoms with Crippen molar-refractivity contribution in [3.63, 3.8) is 0 Å². The Morgan fingerprint density at radius 2 is 1.06 bits per heavy atom. The Hall–Kier alpha value is -0.290. The predicted molar refractivity (Wildman–Crippen MR) is 143 cm³/mol. The first-order valence-corrected chi connectivity index (χ1v) is 15.1. The van der Waals surface area contributed by atoms with E-state index in [9.17, 15) is 0 Å². The third kappa shape index (κ3) is 22.7. The monoisotopic (exact) mass is 457 g/mol. The van der Waals surface area contributed by atoms with E-state index in [-0.39, 0.29) is 0 Å². The number of rotatable bonds is 23. The van der Waals surface area contributed by atoms with Crippen molar-refractivity contribution in [3.8, 4) is 0 Å². The van der Waals surface area contributed by atoms with E-state index in [1.165, 1.54) is 64.2 Å². The number of allylic oxidation sites excluding steroid dienone is 4. The van der Waals surface area contributed by atoms with Gasteiger partial charge in [0.1, 0.15) is 0 Å². The first-order chi connectivity index (χ1) is 15.0. The molecule has 0 N–H and O–H groups in total. The quantitative estimate of drug-likeness (QED) is 0.113. The summed E-state index contributed by atoms with van der Waals surface area (Å²) in [6.45, 7) is 7.29. The molecule has 186 valence electrons. The molecule has 4 heteroatoms. The van der Waals surface area contributed by atoms with Gasteiger partial charge in [0.15, 0.2) is 0 Å². The van der Waals surface area contributed by atoms with Gasteiger partial charge in [0, 0.05) is 12.0 Å². The summed E-state index contributed by atoms with van der Waals surface area (Å²) in [6, 6.07) is 0. The Bertz CT molecular complexity index is 395. The van der Waals surface area contributed by atoms with Crippen LogP contribution in [0.5, 0.6) is 0 Å². The number of hydrogen-bond donors (Lipinski definition) is 0. The van der Waals surface area contributed by atoms with Gasteiger partial charge in [-0.25, -0.2) is 0 Å². The second-order valence-corrected chi connectivity index (χ2v) is 11.7. The predicted octanol–water partition coefficient (Wildman–Crippen LogP) is 8.46. The van der Waals surface area contributed by atoms with Crippen molar-refractivity contribution in [3.05, 3.63) is 24.3 Å². The molecule has 0 bridgehead atoms. The topological polar surface area (TPSA) is 21.7 Å². The third-order valence-electron chi connectivity index (χ3n) is 5.35. The van der Waals surface area contributed by atoms with Crippen LogP contribution in [0.3, 0.4) is 0 Å². The van der Waals surface area contributed by atoms with Gasteiger partial charge in [-0.05, 0) is 84.8 Å². The fraction of sp³-hybridized carbons (Fsp3) is 0.852. The minimum absolute atomic E-state index is 0.816. The first kappa shape index (κ1) is 30.7. The summed E-state index contributed by atoms with van der Waals surface area (Å²) < 4.78 is 12.7. The molecule has 31 heavy (non-hydrogen) atoms. The van der Waals surface area contributed by atoms with Crippen LogP contribution in [0.15, 0.2) is 24.3 Å². The molecule has 0 aromatic carbocycles. The maximum Gasteiger partial charge on any atom is 0.0716 e. The summed E-state index contributed by atoms with van der Waals surface area (Å²) in [5, 5.41) is 0. The highest BCUT2D eigenvalue weighted by Crippen LogP contribution is 2.47. The second kappa shape index (κ2) is 22.9. The summed E-state index contributed by atoms with van der Waals surface area (Å²) in [5.41, 5.74) is 0. The standard InChI is InChI=1S/C27H55NO2S/c1-6-8-10-12-14-16-18-21-25-29-31(5,27-23-20-24-28(3)4)30-26-22-19-17-15-13-11-9-7-2/h14-17H,6-13,18-27H2,1-5H3/b16-14-,17-15-. The fourth-order valence-electron chi connectivity index (χ4n) is 3.31. The zero-order valence-electron chi connectivity index (χ0n) is 21.7. The largest absolute Gasteiger partial charge is 0.309 e. The zero-order chi connectivity index (χ0) is 23.0. The normalized spacial score (nSPS) is 13.2. The van der Waals surface area contributed by atoms with Crippen LogP contribution in [-0.4, -0.2) is 50.8 Å². The van der Waals surface area contributed by atoms with Crippen molar-refractivity contribution in [2.75, 3.05) is 45.9 Å². The molecule has 0 spiro atoms. The molecular formula is C27H55NO2S. The highest BCUT2D eigenvalue weighted by Gasteiger charge is 2.15. The SMILES string of the molecule is CCCCC/C=C\CCCOS(C)(CCCCN(C)C)OCCC/C=C\CCCCC. The van der Waals surface area contributed by atoms with Crippen molar-refractivity contribution in [1.82, 2.24) is 4.90 Å². The molecule has 0 saturated heterocycles. The molecule has 0 saturated carbocycles. The summed E-state index contributed by atoms with van der Waals surface area (Å²) >= 11 is 0. The van der Waals surface area contributed by atoms with Crippen LogP contribution in [0.25, 0.3) is 0 Å². The van der Waals surface area contributed by atoms with Crippen LogP contribution in [0, 0.1) is 0 Å². The van der Waals surface area contributed by atoms with Gasteiger partial charge < -0.3 is 4.90 Å². The lowest BCUT2D eigenvalue weighted by atomic mass is 10.2. The average molecular weight is 458 g/mol. The lowest BCUT2D eigenvalue weighted by Gasteiger charge is -2.40. The molecule has 0 aromatic rings. The molecule has 0 aliphatic rings. The van der Waals surface area contributed by atoms with E-state index in [0.29, 0.717) is 0 Å². The second-order valence-electron chi connectivity index (χ2n) is 9.00. The van der Waals surface area contributed by atoms with Crippen LogP contribution < -0.4 is 0 Å². The summed E-state index contributed by atoms with van der Waals surface area (Å²) in [7, 11) is 2.87. The van der Waals surface area contributed by atoms with E-state index in [4.69, 9.17) is 8.37 Å². The Morgan fingerprint density at radius 1 is 0.613 bits per heavy atom. The summed E-state index contributed by atoms with van der Waals surface area (Å²) in [6.07, 6.45) is 28.7. The number of unbranched alkanes of at least 4 members (excludes halogenated alkanes) is 9. The van der Waals surface area contributed by atoms with Gasteiger partial charge >= 0.3 is 0 Å². The smallest absolute Gasteiger partial charge is 0.0716 e. The maximum atomic E-state index is 6.35. The molecule has 0 rings (SSSR count). The van der Waals surface area contributed by atoms with Crippen LogP contribution in [0.1, 0.15) is 104 Å². The van der Waals surface area contributed by atoms with Gasteiger partial charge in [-0.15, -0.1) is 0 Å². The Labute approximate surface area is 197 Å². The lowest BCUT2D eigenvalue weighted by molar-refractivity contribution is 0.253.